The Morgan fingerprint density at radius 1 is 1.25 bits per heavy atom. The molecule has 3 rings (SSSR count). The molecule has 2 heterocycles. The van der Waals surface area contributed by atoms with Gasteiger partial charge >= 0.3 is 0 Å². The standard InChI is InChI=1S/C12H9N7O/c13-5-8-3-1-2-4-9(8)20-6-10-16-12(19-17-10)11-14-7-15-18-11/h1-4,7H,6H2,(H,14,15,18)(H,16,17,19). The van der Waals surface area contributed by atoms with Crippen molar-refractivity contribution in [3.05, 3.63) is 42.0 Å². The van der Waals surface area contributed by atoms with Crippen molar-refractivity contribution in [2.45, 2.75) is 6.61 Å². The summed E-state index contributed by atoms with van der Waals surface area (Å²) in [7, 11) is 0. The molecule has 20 heavy (non-hydrogen) atoms. The normalized spacial score (nSPS) is 10.2. The summed E-state index contributed by atoms with van der Waals surface area (Å²) in [5.74, 6) is 1.93. The topological polar surface area (TPSA) is 116 Å². The highest BCUT2D eigenvalue weighted by Gasteiger charge is 2.09. The molecule has 0 spiro atoms. The predicted octanol–water partition coefficient (Wildman–Crippen LogP) is 1.04. The number of aromatic nitrogens is 6. The van der Waals surface area contributed by atoms with Crippen molar-refractivity contribution in [3.63, 3.8) is 0 Å². The number of ether oxygens (including phenoxy) is 1. The number of nitrogens with zero attached hydrogens (tertiary/aromatic N) is 5. The lowest BCUT2D eigenvalue weighted by atomic mass is 10.2. The number of para-hydroxylation sites is 1. The van der Waals surface area contributed by atoms with Crippen LogP contribution in [0.3, 0.4) is 0 Å². The molecule has 8 nitrogen and oxygen atoms in total. The van der Waals surface area contributed by atoms with Gasteiger partial charge in [0.05, 0.1) is 5.56 Å². The number of aromatic amines is 2. The zero-order chi connectivity index (χ0) is 13.8. The number of nitriles is 1. The summed E-state index contributed by atoms with van der Waals surface area (Å²) in [6.45, 7) is 0.180. The molecule has 0 aliphatic carbocycles. The van der Waals surface area contributed by atoms with Gasteiger partial charge in [0.2, 0.25) is 5.82 Å². The summed E-state index contributed by atoms with van der Waals surface area (Å²) < 4.78 is 5.54. The van der Waals surface area contributed by atoms with Crippen LogP contribution in [0.15, 0.2) is 30.6 Å². The van der Waals surface area contributed by atoms with Crippen LogP contribution < -0.4 is 4.74 Å². The SMILES string of the molecule is N#Cc1ccccc1OCc1nc(-c2ncn[nH]2)n[nH]1. The van der Waals surface area contributed by atoms with Crippen molar-refractivity contribution in [1.82, 2.24) is 30.4 Å². The molecular weight excluding hydrogens is 258 g/mol. The molecule has 98 valence electrons. The van der Waals surface area contributed by atoms with Gasteiger partial charge in [-0.05, 0) is 12.1 Å². The van der Waals surface area contributed by atoms with Crippen molar-refractivity contribution in [2.75, 3.05) is 0 Å². The summed E-state index contributed by atoms with van der Waals surface area (Å²) in [5.41, 5.74) is 0.475. The van der Waals surface area contributed by atoms with E-state index < -0.39 is 0 Å². The van der Waals surface area contributed by atoms with Gasteiger partial charge in [-0.15, -0.1) is 5.10 Å². The second-order valence-corrected chi connectivity index (χ2v) is 3.84. The molecule has 0 unspecified atom stereocenters. The number of benzene rings is 1. The molecule has 1 aromatic carbocycles. The Labute approximate surface area is 113 Å². The van der Waals surface area contributed by atoms with Crippen molar-refractivity contribution in [1.29, 1.82) is 5.26 Å². The van der Waals surface area contributed by atoms with Gasteiger partial charge < -0.3 is 4.74 Å². The first-order valence-corrected chi connectivity index (χ1v) is 5.76. The smallest absolute Gasteiger partial charge is 0.218 e. The van der Waals surface area contributed by atoms with Gasteiger partial charge in [-0.25, -0.2) is 9.97 Å². The Balaban J connectivity index is 1.72. The van der Waals surface area contributed by atoms with Crippen LogP contribution in [-0.4, -0.2) is 30.4 Å². The van der Waals surface area contributed by atoms with Gasteiger partial charge in [0.15, 0.2) is 11.6 Å². The first-order chi connectivity index (χ1) is 9.86. The zero-order valence-corrected chi connectivity index (χ0v) is 10.2. The van der Waals surface area contributed by atoms with Gasteiger partial charge in [-0.1, -0.05) is 12.1 Å². The fourth-order valence-electron chi connectivity index (χ4n) is 1.61. The maximum Gasteiger partial charge on any atom is 0.218 e. The Bertz CT molecular complexity index is 741. The lowest BCUT2D eigenvalue weighted by molar-refractivity contribution is 0.295. The molecule has 0 bridgehead atoms. The van der Waals surface area contributed by atoms with E-state index in [1.54, 1.807) is 24.3 Å². The molecule has 3 aromatic rings. The highest BCUT2D eigenvalue weighted by Crippen LogP contribution is 2.17. The monoisotopic (exact) mass is 267 g/mol. The van der Waals surface area contributed by atoms with Crippen molar-refractivity contribution < 1.29 is 4.74 Å². The van der Waals surface area contributed by atoms with E-state index in [-0.39, 0.29) is 6.61 Å². The van der Waals surface area contributed by atoms with Crippen LogP contribution in [0.5, 0.6) is 5.75 Å². The fourth-order valence-corrected chi connectivity index (χ4v) is 1.61. The molecule has 0 saturated heterocycles. The van der Waals surface area contributed by atoms with E-state index in [0.29, 0.717) is 28.8 Å². The van der Waals surface area contributed by atoms with Crippen LogP contribution in [-0.2, 0) is 6.61 Å². The Morgan fingerprint density at radius 3 is 2.95 bits per heavy atom. The molecule has 0 aliphatic heterocycles. The largest absolute Gasteiger partial charge is 0.484 e. The lowest BCUT2D eigenvalue weighted by Crippen LogP contribution is -1.99. The van der Waals surface area contributed by atoms with Crippen LogP contribution in [0.2, 0.25) is 0 Å². The number of hydrogen-bond acceptors (Lipinski definition) is 6. The second-order valence-electron chi connectivity index (χ2n) is 3.84. The summed E-state index contributed by atoms with van der Waals surface area (Å²) in [6.07, 6.45) is 1.38. The highest BCUT2D eigenvalue weighted by atomic mass is 16.5. The van der Waals surface area contributed by atoms with Gasteiger partial charge in [0, 0.05) is 0 Å². The molecule has 2 N–H and O–H groups in total. The molecule has 8 heteroatoms. The van der Waals surface area contributed by atoms with E-state index in [2.05, 4.69) is 36.4 Å². The molecule has 0 atom stereocenters. The summed E-state index contributed by atoms with van der Waals surface area (Å²) in [4.78, 5) is 8.16. The van der Waals surface area contributed by atoms with E-state index in [4.69, 9.17) is 10.00 Å². The third-order valence-electron chi connectivity index (χ3n) is 2.53. The van der Waals surface area contributed by atoms with Crippen molar-refractivity contribution >= 4 is 0 Å². The van der Waals surface area contributed by atoms with E-state index in [1.807, 2.05) is 0 Å². The first kappa shape index (κ1) is 11.9. The average molecular weight is 267 g/mol. The van der Waals surface area contributed by atoms with Crippen LogP contribution in [0.25, 0.3) is 11.6 Å². The van der Waals surface area contributed by atoms with Gasteiger partial charge in [-0.3, -0.25) is 10.2 Å². The zero-order valence-electron chi connectivity index (χ0n) is 10.2. The average Bonchev–Trinajstić information content (AvgIpc) is 3.16. The van der Waals surface area contributed by atoms with E-state index in [9.17, 15) is 0 Å². The maximum atomic E-state index is 8.96. The summed E-state index contributed by atoms with van der Waals surface area (Å²) in [5, 5.41) is 22.1. The second kappa shape index (κ2) is 5.19. The molecule has 0 radical (unpaired) electrons. The van der Waals surface area contributed by atoms with Crippen LogP contribution in [0.1, 0.15) is 11.4 Å². The highest BCUT2D eigenvalue weighted by molar-refractivity contribution is 5.43. The summed E-state index contributed by atoms with van der Waals surface area (Å²) >= 11 is 0. The van der Waals surface area contributed by atoms with Crippen molar-refractivity contribution in [3.8, 4) is 23.5 Å². The molecule has 0 aliphatic rings. The predicted molar refractivity (Wildman–Crippen MR) is 67.2 cm³/mol. The van der Waals surface area contributed by atoms with Crippen LogP contribution in [0.4, 0.5) is 0 Å². The molecule has 0 amide bonds. The van der Waals surface area contributed by atoms with E-state index in [0.717, 1.165) is 0 Å². The quantitative estimate of drug-likeness (QED) is 0.729. The van der Waals surface area contributed by atoms with Crippen LogP contribution >= 0.6 is 0 Å². The van der Waals surface area contributed by atoms with Gasteiger partial charge in [0.1, 0.15) is 24.8 Å². The lowest BCUT2D eigenvalue weighted by Gasteiger charge is -2.04. The molecular formula is C12H9N7O. The Morgan fingerprint density at radius 2 is 2.15 bits per heavy atom. The first-order valence-electron chi connectivity index (χ1n) is 5.76. The van der Waals surface area contributed by atoms with Gasteiger partial charge in [-0.2, -0.15) is 10.4 Å². The number of nitrogens with one attached hydrogen (secondary N) is 2. The molecule has 0 saturated carbocycles. The fraction of sp³-hybridized carbons (Fsp3) is 0.0833. The summed E-state index contributed by atoms with van der Waals surface area (Å²) in [6, 6.07) is 9.07. The Hall–Kier alpha value is -3.21. The van der Waals surface area contributed by atoms with E-state index in [1.165, 1.54) is 6.33 Å². The molecule has 0 fully saturated rings. The minimum Gasteiger partial charge on any atom is -0.484 e. The van der Waals surface area contributed by atoms with Crippen LogP contribution in [0, 0.1) is 11.3 Å². The van der Waals surface area contributed by atoms with Gasteiger partial charge in [0.25, 0.3) is 0 Å². The minimum absolute atomic E-state index is 0.180. The van der Waals surface area contributed by atoms with E-state index >= 15 is 0 Å². The number of H-pyrrole nitrogens is 2. The maximum absolute atomic E-state index is 8.96. The Kier molecular flexibility index (Phi) is 3.08. The van der Waals surface area contributed by atoms with Crippen molar-refractivity contribution in [2.24, 2.45) is 0 Å². The third-order valence-corrected chi connectivity index (χ3v) is 2.53. The third kappa shape index (κ3) is 2.32. The minimum atomic E-state index is 0.180. The number of hydrogen-bond donors (Lipinski definition) is 2. The molecule has 2 aromatic heterocycles. The number of rotatable bonds is 4.